The van der Waals surface area contributed by atoms with Gasteiger partial charge in [-0.05, 0) is 42.3 Å². The molecule has 0 radical (unpaired) electrons. The fourth-order valence-electron chi connectivity index (χ4n) is 1.68. The van der Waals surface area contributed by atoms with Crippen LogP contribution in [-0.2, 0) is 4.74 Å². The van der Waals surface area contributed by atoms with E-state index >= 15 is 0 Å². The Morgan fingerprint density at radius 3 is 2.44 bits per heavy atom. The van der Waals surface area contributed by atoms with Crippen LogP contribution in [0.15, 0.2) is 48.5 Å². The molecule has 2 rings (SSSR count). The lowest BCUT2D eigenvalue weighted by molar-refractivity contribution is 0.0526. The second-order valence-corrected chi connectivity index (χ2v) is 4.24. The number of benzene rings is 2. The summed E-state index contributed by atoms with van der Waals surface area (Å²) in [5.74, 6) is -0.296. The smallest absolute Gasteiger partial charge is 0.338 e. The van der Waals surface area contributed by atoms with Crippen molar-refractivity contribution in [1.82, 2.24) is 0 Å². The van der Waals surface area contributed by atoms with Crippen molar-refractivity contribution in [3.05, 3.63) is 59.1 Å². The molecule has 0 aliphatic heterocycles. The molecule has 0 spiro atoms. The van der Waals surface area contributed by atoms with Crippen LogP contribution in [0.2, 0.25) is 5.02 Å². The molecule has 0 aromatic heterocycles. The molecular formula is C15H13ClO2. The number of carbonyl (C=O) groups excluding carboxylic acids is 1. The van der Waals surface area contributed by atoms with Gasteiger partial charge in [0, 0.05) is 5.02 Å². The van der Waals surface area contributed by atoms with Crippen molar-refractivity contribution in [1.29, 1.82) is 0 Å². The largest absolute Gasteiger partial charge is 0.462 e. The Labute approximate surface area is 111 Å². The summed E-state index contributed by atoms with van der Waals surface area (Å²) in [4.78, 5) is 11.5. The van der Waals surface area contributed by atoms with E-state index in [1.165, 1.54) is 0 Å². The average Bonchev–Trinajstić information content (AvgIpc) is 2.39. The first-order chi connectivity index (χ1) is 8.70. The Morgan fingerprint density at radius 2 is 1.83 bits per heavy atom. The maximum atomic E-state index is 11.5. The van der Waals surface area contributed by atoms with E-state index in [9.17, 15) is 4.79 Å². The number of rotatable bonds is 3. The average molecular weight is 261 g/mol. The third-order valence-electron chi connectivity index (χ3n) is 2.55. The minimum Gasteiger partial charge on any atom is -0.462 e. The normalized spacial score (nSPS) is 10.1. The highest BCUT2D eigenvalue weighted by molar-refractivity contribution is 6.30. The lowest BCUT2D eigenvalue weighted by Crippen LogP contribution is -2.03. The van der Waals surface area contributed by atoms with Crippen molar-refractivity contribution >= 4 is 17.6 Å². The fraction of sp³-hybridized carbons (Fsp3) is 0.133. The molecule has 0 bridgehead atoms. The monoisotopic (exact) mass is 260 g/mol. The molecular weight excluding hydrogens is 248 g/mol. The fourth-order valence-corrected chi connectivity index (χ4v) is 1.87. The number of esters is 1. The molecule has 0 N–H and O–H groups in total. The van der Waals surface area contributed by atoms with Crippen LogP contribution in [0.5, 0.6) is 0 Å². The molecule has 2 nitrogen and oxygen atoms in total. The quantitative estimate of drug-likeness (QED) is 0.774. The van der Waals surface area contributed by atoms with Crippen LogP contribution in [0.4, 0.5) is 0 Å². The zero-order chi connectivity index (χ0) is 13.0. The lowest BCUT2D eigenvalue weighted by Gasteiger charge is -2.04. The second kappa shape index (κ2) is 5.69. The Kier molecular flexibility index (Phi) is 4.00. The molecule has 0 aliphatic rings. The van der Waals surface area contributed by atoms with Crippen molar-refractivity contribution in [3.8, 4) is 11.1 Å². The predicted molar refractivity (Wildman–Crippen MR) is 72.8 cm³/mol. The summed E-state index contributed by atoms with van der Waals surface area (Å²) in [6, 6.07) is 14.9. The van der Waals surface area contributed by atoms with Gasteiger partial charge in [-0.25, -0.2) is 4.79 Å². The van der Waals surface area contributed by atoms with E-state index in [0.29, 0.717) is 17.2 Å². The first-order valence-corrected chi connectivity index (χ1v) is 6.11. The summed E-state index contributed by atoms with van der Waals surface area (Å²) < 4.78 is 4.93. The molecule has 18 heavy (non-hydrogen) atoms. The molecule has 0 fully saturated rings. The van der Waals surface area contributed by atoms with Gasteiger partial charge in [0.05, 0.1) is 12.2 Å². The number of hydrogen-bond acceptors (Lipinski definition) is 2. The third kappa shape index (κ3) is 2.90. The molecule has 0 amide bonds. The van der Waals surface area contributed by atoms with Gasteiger partial charge in [0.25, 0.3) is 0 Å². The first-order valence-electron chi connectivity index (χ1n) is 5.74. The van der Waals surface area contributed by atoms with Gasteiger partial charge in [-0.1, -0.05) is 35.9 Å². The molecule has 0 saturated carbocycles. The minimum atomic E-state index is -0.296. The van der Waals surface area contributed by atoms with Crippen LogP contribution < -0.4 is 0 Å². The van der Waals surface area contributed by atoms with Crippen molar-refractivity contribution in [3.63, 3.8) is 0 Å². The van der Waals surface area contributed by atoms with Gasteiger partial charge >= 0.3 is 5.97 Å². The maximum absolute atomic E-state index is 11.5. The van der Waals surface area contributed by atoms with Crippen molar-refractivity contribution < 1.29 is 9.53 Å². The van der Waals surface area contributed by atoms with E-state index in [4.69, 9.17) is 16.3 Å². The van der Waals surface area contributed by atoms with Crippen LogP contribution in [0, 0.1) is 0 Å². The molecule has 0 aliphatic carbocycles. The topological polar surface area (TPSA) is 26.3 Å². The van der Waals surface area contributed by atoms with Gasteiger partial charge in [-0.15, -0.1) is 0 Å². The van der Waals surface area contributed by atoms with Gasteiger partial charge in [-0.2, -0.15) is 0 Å². The number of halogens is 1. The van der Waals surface area contributed by atoms with Crippen LogP contribution in [-0.4, -0.2) is 12.6 Å². The van der Waals surface area contributed by atoms with Crippen LogP contribution in [0.3, 0.4) is 0 Å². The van der Waals surface area contributed by atoms with Crippen molar-refractivity contribution in [2.24, 2.45) is 0 Å². The summed E-state index contributed by atoms with van der Waals surface area (Å²) in [5.41, 5.74) is 2.60. The predicted octanol–water partition coefficient (Wildman–Crippen LogP) is 4.18. The highest BCUT2D eigenvalue weighted by atomic mass is 35.5. The van der Waals surface area contributed by atoms with E-state index in [2.05, 4.69) is 0 Å². The molecule has 0 saturated heterocycles. The Morgan fingerprint density at radius 1 is 1.11 bits per heavy atom. The number of hydrogen-bond donors (Lipinski definition) is 0. The first kappa shape index (κ1) is 12.7. The third-order valence-corrected chi connectivity index (χ3v) is 2.79. The Hall–Kier alpha value is -1.80. The van der Waals surface area contributed by atoms with Gasteiger partial charge in [0.2, 0.25) is 0 Å². The molecule has 0 heterocycles. The molecule has 2 aromatic carbocycles. The summed E-state index contributed by atoms with van der Waals surface area (Å²) in [7, 11) is 0. The zero-order valence-corrected chi connectivity index (χ0v) is 10.8. The van der Waals surface area contributed by atoms with Crippen LogP contribution in [0.1, 0.15) is 17.3 Å². The van der Waals surface area contributed by atoms with E-state index in [-0.39, 0.29) is 5.97 Å². The zero-order valence-electron chi connectivity index (χ0n) is 10.0. The highest BCUT2D eigenvalue weighted by Gasteiger charge is 2.06. The Balaban J connectivity index is 2.25. The van der Waals surface area contributed by atoms with Crippen molar-refractivity contribution in [2.75, 3.05) is 6.61 Å². The van der Waals surface area contributed by atoms with E-state index in [1.807, 2.05) is 36.4 Å². The van der Waals surface area contributed by atoms with Gasteiger partial charge in [0.1, 0.15) is 0 Å². The number of ether oxygens (including phenoxy) is 1. The van der Waals surface area contributed by atoms with Crippen molar-refractivity contribution in [2.45, 2.75) is 6.92 Å². The number of carbonyl (C=O) groups is 1. The van der Waals surface area contributed by atoms with E-state index < -0.39 is 0 Å². The van der Waals surface area contributed by atoms with Gasteiger partial charge in [0.15, 0.2) is 0 Å². The Bertz CT molecular complexity index is 547. The van der Waals surface area contributed by atoms with Crippen LogP contribution in [0.25, 0.3) is 11.1 Å². The molecule has 0 unspecified atom stereocenters. The highest BCUT2D eigenvalue weighted by Crippen LogP contribution is 2.23. The minimum absolute atomic E-state index is 0.296. The summed E-state index contributed by atoms with van der Waals surface area (Å²) in [5, 5.41) is 0.696. The molecule has 3 heteroatoms. The van der Waals surface area contributed by atoms with Gasteiger partial charge in [-0.3, -0.25) is 0 Å². The second-order valence-electron chi connectivity index (χ2n) is 3.81. The van der Waals surface area contributed by atoms with Gasteiger partial charge < -0.3 is 4.74 Å². The maximum Gasteiger partial charge on any atom is 0.338 e. The SMILES string of the molecule is CCOC(=O)c1ccc(-c2cccc(Cl)c2)cc1. The summed E-state index contributed by atoms with van der Waals surface area (Å²) in [6.07, 6.45) is 0. The van der Waals surface area contributed by atoms with E-state index in [1.54, 1.807) is 19.1 Å². The molecule has 0 atom stereocenters. The lowest BCUT2D eigenvalue weighted by atomic mass is 10.0. The van der Waals surface area contributed by atoms with Crippen LogP contribution >= 0.6 is 11.6 Å². The standard InChI is InChI=1S/C15H13ClO2/c1-2-18-15(17)12-8-6-11(7-9-12)13-4-3-5-14(16)10-13/h3-10H,2H2,1H3. The summed E-state index contributed by atoms with van der Waals surface area (Å²) in [6.45, 7) is 2.17. The molecule has 92 valence electrons. The molecule has 2 aromatic rings. The summed E-state index contributed by atoms with van der Waals surface area (Å²) >= 11 is 5.94. The van der Waals surface area contributed by atoms with E-state index in [0.717, 1.165) is 11.1 Å².